The third-order valence-electron chi connectivity index (χ3n) is 5.38. The molecule has 0 saturated carbocycles. The number of ether oxygens (including phenoxy) is 3. The van der Waals surface area contributed by atoms with Gasteiger partial charge in [-0.1, -0.05) is 15.9 Å². The van der Waals surface area contributed by atoms with Gasteiger partial charge in [0.1, 0.15) is 17.2 Å². The molecule has 0 radical (unpaired) electrons. The van der Waals surface area contributed by atoms with Crippen molar-refractivity contribution in [2.45, 2.75) is 18.9 Å². The van der Waals surface area contributed by atoms with Gasteiger partial charge in [-0.3, -0.25) is 9.69 Å². The Kier molecular flexibility index (Phi) is 7.03. The molecular weight excluding hydrogens is 438 g/mol. The molecule has 1 fully saturated rings. The lowest BCUT2D eigenvalue weighted by Crippen LogP contribution is -2.41. The predicted molar refractivity (Wildman–Crippen MR) is 114 cm³/mol. The van der Waals surface area contributed by atoms with Gasteiger partial charge >= 0.3 is 5.97 Å². The van der Waals surface area contributed by atoms with E-state index in [1.54, 1.807) is 21.3 Å². The summed E-state index contributed by atoms with van der Waals surface area (Å²) >= 11 is 3.57. The van der Waals surface area contributed by atoms with Crippen LogP contribution in [0.3, 0.4) is 0 Å². The number of benzene rings is 2. The molecular formula is C22H26BrNO5. The summed E-state index contributed by atoms with van der Waals surface area (Å²) in [7, 11) is 4.90. The van der Waals surface area contributed by atoms with E-state index >= 15 is 0 Å². The molecule has 0 spiro atoms. The van der Waals surface area contributed by atoms with Gasteiger partial charge < -0.3 is 19.3 Å². The molecule has 1 aliphatic heterocycles. The maximum Gasteiger partial charge on any atom is 0.307 e. The van der Waals surface area contributed by atoms with Crippen molar-refractivity contribution in [3.8, 4) is 17.2 Å². The molecule has 7 heteroatoms. The van der Waals surface area contributed by atoms with Gasteiger partial charge in [-0.15, -0.1) is 0 Å². The highest BCUT2D eigenvalue weighted by molar-refractivity contribution is 9.10. The molecule has 156 valence electrons. The number of halogens is 1. The second-order valence-corrected chi connectivity index (χ2v) is 7.98. The van der Waals surface area contributed by atoms with Crippen molar-refractivity contribution < 1.29 is 24.1 Å². The van der Waals surface area contributed by atoms with E-state index < -0.39 is 11.9 Å². The van der Waals surface area contributed by atoms with E-state index in [1.165, 1.54) is 0 Å². The lowest BCUT2D eigenvalue weighted by molar-refractivity contribution is -0.143. The summed E-state index contributed by atoms with van der Waals surface area (Å²) < 4.78 is 17.7. The number of rotatable bonds is 7. The normalized spacial score (nSPS) is 18.1. The van der Waals surface area contributed by atoms with Crippen molar-refractivity contribution in [2.75, 3.05) is 34.4 Å². The van der Waals surface area contributed by atoms with Gasteiger partial charge in [0.15, 0.2) is 0 Å². The lowest BCUT2D eigenvalue weighted by Gasteiger charge is -2.38. The number of aliphatic carboxylic acids is 1. The number of likely N-dealkylation sites (tertiary alicyclic amines) is 1. The number of hydrogen-bond acceptors (Lipinski definition) is 5. The molecule has 0 amide bonds. The zero-order chi connectivity index (χ0) is 21.0. The van der Waals surface area contributed by atoms with Crippen molar-refractivity contribution in [2.24, 2.45) is 5.92 Å². The molecule has 2 aromatic rings. The van der Waals surface area contributed by atoms with Gasteiger partial charge in [0, 0.05) is 22.1 Å². The minimum atomic E-state index is -0.757. The molecule has 1 saturated heterocycles. The van der Waals surface area contributed by atoms with Crippen LogP contribution in [0.25, 0.3) is 0 Å². The fraction of sp³-hybridized carbons (Fsp3) is 0.409. The zero-order valence-corrected chi connectivity index (χ0v) is 18.4. The summed E-state index contributed by atoms with van der Waals surface area (Å²) in [5.74, 6) is 1.01. The van der Waals surface area contributed by atoms with Crippen LogP contribution in [0.1, 0.15) is 30.0 Å². The van der Waals surface area contributed by atoms with Gasteiger partial charge in [0.25, 0.3) is 0 Å². The molecule has 2 atom stereocenters. The van der Waals surface area contributed by atoms with Crippen LogP contribution in [0.4, 0.5) is 0 Å². The van der Waals surface area contributed by atoms with Crippen molar-refractivity contribution in [3.63, 3.8) is 0 Å². The minimum absolute atomic E-state index is 0.241. The van der Waals surface area contributed by atoms with E-state index in [0.29, 0.717) is 18.7 Å². The van der Waals surface area contributed by atoms with E-state index in [9.17, 15) is 9.90 Å². The van der Waals surface area contributed by atoms with Crippen molar-refractivity contribution in [1.82, 2.24) is 4.90 Å². The first-order chi connectivity index (χ1) is 14.0. The maximum atomic E-state index is 11.7. The van der Waals surface area contributed by atoms with Crippen LogP contribution < -0.4 is 14.2 Å². The van der Waals surface area contributed by atoms with E-state index in [1.807, 2.05) is 36.4 Å². The van der Waals surface area contributed by atoms with Gasteiger partial charge in [-0.2, -0.15) is 0 Å². The first-order valence-corrected chi connectivity index (χ1v) is 10.3. The van der Waals surface area contributed by atoms with Crippen molar-refractivity contribution >= 4 is 21.9 Å². The van der Waals surface area contributed by atoms with Crippen LogP contribution >= 0.6 is 15.9 Å². The molecule has 3 rings (SSSR count). The summed E-state index contributed by atoms with van der Waals surface area (Å²) in [5, 5.41) is 9.60. The molecule has 0 bridgehead atoms. The monoisotopic (exact) mass is 463 g/mol. The summed E-state index contributed by atoms with van der Waals surface area (Å²) in [5.41, 5.74) is 1.86. The highest BCUT2D eigenvalue weighted by atomic mass is 79.9. The SMILES string of the molecule is COc1ccc(OC)c(C(c2cc(Br)ccc2OC)N2CCCC(C(=O)O)C2)c1. The quantitative estimate of drug-likeness (QED) is 0.657. The number of piperidine rings is 1. The van der Waals surface area contributed by atoms with Crippen LogP contribution in [-0.4, -0.2) is 50.4 Å². The van der Waals surface area contributed by atoms with E-state index in [-0.39, 0.29) is 6.04 Å². The van der Waals surface area contributed by atoms with Gasteiger partial charge in [-0.05, 0) is 55.8 Å². The molecule has 0 aromatic heterocycles. The van der Waals surface area contributed by atoms with Crippen LogP contribution in [-0.2, 0) is 4.79 Å². The molecule has 2 aromatic carbocycles. The van der Waals surface area contributed by atoms with Crippen LogP contribution in [0.5, 0.6) is 17.2 Å². The summed E-state index contributed by atoms with van der Waals surface area (Å²) in [6, 6.07) is 11.3. The Hall–Kier alpha value is -2.25. The Bertz CT molecular complexity index is 872. The number of methoxy groups -OCH3 is 3. The van der Waals surface area contributed by atoms with Crippen LogP contribution in [0.2, 0.25) is 0 Å². The first-order valence-electron chi connectivity index (χ1n) is 9.50. The predicted octanol–water partition coefficient (Wildman–Crippen LogP) is 4.36. The highest BCUT2D eigenvalue weighted by Crippen LogP contribution is 2.42. The average Bonchev–Trinajstić information content (AvgIpc) is 2.74. The van der Waals surface area contributed by atoms with Gasteiger partial charge in [0.2, 0.25) is 0 Å². The molecule has 1 N–H and O–H groups in total. The van der Waals surface area contributed by atoms with Crippen LogP contribution in [0, 0.1) is 5.92 Å². The number of carboxylic acid groups (broad SMARTS) is 1. The zero-order valence-electron chi connectivity index (χ0n) is 16.9. The number of carboxylic acids is 1. The second kappa shape index (κ2) is 9.50. The lowest BCUT2D eigenvalue weighted by atomic mass is 9.90. The van der Waals surface area contributed by atoms with Crippen LogP contribution in [0.15, 0.2) is 40.9 Å². The van der Waals surface area contributed by atoms with Crippen molar-refractivity contribution in [1.29, 1.82) is 0 Å². The minimum Gasteiger partial charge on any atom is -0.497 e. The molecule has 1 heterocycles. The highest BCUT2D eigenvalue weighted by Gasteiger charge is 2.34. The van der Waals surface area contributed by atoms with Gasteiger partial charge in [-0.25, -0.2) is 0 Å². The average molecular weight is 464 g/mol. The largest absolute Gasteiger partial charge is 0.497 e. The smallest absolute Gasteiger partial charge is 0.307 e. The van der Waals surface area contributed by atoms with Gasteiger partial charge in [0.05, 0.1) is 33.3 Å². The molecule has 29 heavy (non-hydrogen) atoms. The first kappa shape index (κ1) is 21.5. The summed E-state index contributed by atoms with van der Waals surface area (Å²) in [6.45, 7) is 1.24. The number of carbonyl (C=O) groups is 1. The third-order valence-corrected chi connectivity index (χ3v) is 5.88. The standard InChI is InChI=1S/C22H26BrNO5/c1-27-16-7-9-20(29-3)18(12-16)21(17-11-15(23)6-8-19(17)28-2)24-10-4-5-14(13-24)22(25)26/h6-9,11-12,14,21H,4-5,10,13H2,1-3H3,(H,25,26). The number of nitrogens with zero attached hydrogens (tertiary/aromatic N) is 1. The Morgan fingerprint density at radius 2 is 1.72 bits per heavy atom. The van der Waals surface area contributed by atoms with E-state index in [2.05, 4.69) is 20.8 Å². The Balaban J connectivity index is 2.18. The van der Waals surface area contributed by atoms with E-state index in [0.717, 1.165) is 40.1 Å². The summed E-state index contributed by atoms with van der Waals surface area (Å²) in [4.78, 5) is 13.9. The fourth-order valence-electron chi connectivity index (χ4n) is 3.98. The van der Waals surface area contributed by atoms with E-state index in [4.69, 9.17) is 14.2 Å². The topological polar surface area (TPSA) is 68.2 Å². The number of hydrogen-bond donors (Lipinski definition) is 1. The third kappa shape index (κ3) is 4.67. The molecule has 1 aliphatic rings. The fourth-order valence-corrected chi connectivity index (χ4v) is 4.35. The molecule has 2 unspecified atom stereocenters. The maximum absolute atomic E-state index is 11.7. The summed E-state index contributed by atoms with van der Waals surface area (Å²) in [6.07, 6.45) is 1.50. The molecule has 0 aliphatic carbocycles. The Morgan fingerprint density at radius 3 is 2.34 bits per heavy atom. The Morgan fingerprint density at radius 1 is 1.07 bits per heavy atom. The second-order valence-electron chi connectivity index (χ2n) is 7.07. The van der Waals surface area contributed by atoms with Crippen molar-refractivity contribution in [3.05, 3.63) is 52.0 Å². The molecule has 6 nitrogen and oxygen atoms in total. The Labute approximate surface area is 179 Å².